The van der Waals surface area contributed by atoms with Gasteiger partial charge in [-0.2, -0.15) is 0 Å². The molecule has 0 aliphatic rings. The normalized spacial score (nSPS) is 12.0. The predicted octanol–water partition coefficient (Wildman–Crippen LogP) is 11.9. The summed E-state index contributed by atoms with van der Waals surface area (Å²) >= 11 is 0. The van der Waals surface area contributed by atoms with E-state index in [0.717, 1.165) is 60.7 Å². The molecule has 0 fully saturated rings. The van der Waals surface area contributed by atoms with Crippen molar-refractivity contribution >= 4 is 65.7 Å². The van der Waals surface area contributed by atoms with Crippen LogP contribution in [0.25, 0.3) is 93.6 Å². The molecule has 0 aliphatic carbocycles. The lowest BCUT2D eigenvalue weighted by Gasteiger charge is -2.09. The van der Waals surface area contributed by atoms with Crippen molar-refractivity contribution in [1.82, 2.24) is 4.57 Å². The molecule has 0 unspecified atom stereocenters. The molecule has 0 N–H and O–H groups in total. The van der Waals surface area contributed by atoms with Gasteiger partial charge in [-0.25, -0.2) is 0 Å². The van der Waals surface area contributed by atoms with Crippen LogP contribution in [0.3, 0.4) is 0 Å². The smallest absolute Gasteiger partial charge is 0.143 e. The Morgan fingerprint density at radius 3 is 1.78 bits per heavy atom. The highest BCUT2D eigenvalue weighted by Gasteiger charge is 2.19. The van der Waals surface area contributed by atoms with Crippen molar-refractivity contribution in [2.45, 2.75) is 0 Å². The number of aromatic nitrogens is 1. The van der Waals surface area contributed by atoms with E-state index in [1.165, 1.54) is 32.9 Å². The Balaban J connectivity index is 1.19. The van der Waals surface area contributed by atoms with Gasteiger partial charge in [0.2, 0.25) is 0 Å². The molecule has 210 valence electrons. The topological polar surface area (TPSA) is 31.2 Å². The molecule has 0 amide bonds. The van der Waals surface area contributed by atoms with Crippen molar-refractivity contribution in [1.29, 1.82) is 0 Å². The van der Waals surface area contributed by atoms with Crippen molar-refractivity contribution in [3.8, 4) is 27.9 Å². The fraction of sp³-hybridized carbons (Fsp3) is 0. The molecule has 0 saturated heterocycles. The minimum absolute atomic E-state index is 0.866. The fourth-order valence-corrected chi connectivity index (χ4v) is 7.16. The van der Waals surface area contributed by atoms with Crippen LogP contribution in [-0.4, -0.2) is 4.57 Å². The largest absolute Gasteiger partial charge is 0.455 e. The molecular formula is C42H25NO2. The van der Waals surface area contributed by atoms with E-state index in [0.29, 0.717) is 0 Å². The number of benzene rings is 7. The lowest BCUT2D eigenvalue weighted by Crippen LogP contribution is -1.93. The van der Waals surface area contributed by atoms with Gasteiger partial charge in [0.1, 0.15) is 22.3 Å². The van der Waals surface area contributed by atoms with Crippen LogP contribution in [0.2, 0.25) is 0 Å². The lowest BCUT2D eigenvalue weighted by molar-refractivity contribution is 0.665. The molecule has 0 spiro atoms. The average Bonchev–Trinajstić information content (AvgIpc) is 3.77. The van der Waals surface area contributed by atoms with Gasteiger partial charge in [-0.15, -0.1) is 0 Å². The van der Waals surface area contributed by atoms with Crippen LogP contribution in [0.5, 0.6) is 0 Å². The SMILES string of the molecule is c1ccc(-c2ccc3c(c2)c2ccccc2n3-c2ccc3oc4c(-c5cccc6c5oc5ccccc56)cccc4c3c2)cc1. The van der Waals surface area contributed by atoms with Gasteiger partial charge in [0.05, 0.1) is 11.0 Å². The molecule has 0 saturated carbocycles. The second-order valence-corrected chi connectivity index (χ2v) is 11.7. The Kier molecular flexibility index (Phi) is 5.00. The molecule has 7 aromatic carbocycles. The zero-order valence-electron chi connectivity index (χ0n) is 24.2. The van der Waals surface area contributed by atoms with Crippen molar-refractivity contribution in [2.24, 2.45) is 0 Å². The molecule has 10 aromatic rings. The zero-order chi connectivity index (χ0) is 29.5. The van der Waals surface area contributed by atoms with E-state index in [9.17, 15) is 0 Å². The Hall–Kier alpha value is -6.06. The number of rotatable bonds is 3. The second-order valence-electron chi connectivity index (χ2n) is 11.7. The fourth-order valence-electron chi connectivity index (χ4n) is 7.16. The number of para-hydroxylation sites is 4. The summed E-state index contributed by atoms with van der Waals surface area (Å²) in [5, 5.41) is 6.89. The third-order valence-electron chi connectivity index (χ3n) is 9.21. The summed E-state index contributed by atoms with van der Waals surface area (Å²) in [5.74, 6) is 0. The summed E-state index contributed by atoms with van der Waals surface area (Å²) in [6, 6.07) is 53.6. The number of hydrogen-bond donors (Lipinski definition) is 0. The van der Waals surface area contributed by atoms with E-state index in [4.69, 9.17) is 8.83 Å². The molecule has 10 rings (SSSR count). The first kappa shape index (κ1) is 24.4. The number of furan rings is 2. The van der Waals surface area contributed by atoms with Gasteiger partial charge in [0.25, 0.3) is 0 Å². The van der Waals surface area contributed by atoms with Crippen molar-refractivity contribution in [3.63, 3.8) is 0 Å². The molecule has 3 nitrogen and oxygen atoms in total. The van der Waals surface area contributed by atoms with Gasteiger partial charge in [0.15, 0.2) is 0 Å². The van der Waals surface area contributed by atoms with Gasteiger partial charge < -0.3 is 13.4 Å². The predicted molar refractivity (Wildman–Crippen MR) is 186 cm³/mol. The first-order chi connectivity index (χ1) is 22.3. The Morgan fingerprint density at radius 1 is 0.356 bits per heavy atom. The van der Waals surface area contributed by atoms with Crippen LogP contribution in [-0.2, 0) is 0 Å². The Morgan fingerprint density at radius 2 is 0.978 bits per heavy atom. The highest BCUT2D eigenvalue weighted by atomic mass is 16.3. The molecule has 3 heteroatoms. The van der Waals surface area contributed by atoms with Crippen LogP contribution in [0.1, 0.15) is 0 Å². The van der Waals surface area contributed by atoms with Crippen LogP contribution in [0, 0.1) is 0 Å². The molecule has 3 aromatic heterocycles. The number of hydrogen-bond acceptors (Lipinski definition) is 2. The first-order valence-corrected chi connectivity index (χ1v) is 15.3. The van der Waals surface area contributed by atoms with Crippen LogP contribution < -0.4 is 0 Å². The van der Waals surface area contributed by atoms with E-state index < -0.39 is 0 Å². The highest BCUT2D eigenvalue weighted by Crippen LogP contribution is 2.42. The van der Waals surface area contributed by atoms with Gasteiger partial charge in [-0.1, -0.05) is 109 Å². The number of fused-ring (bicyclic) bond motifs is 9. The monoisotopic (exact) mass is 575 g/mol. The first-order valence-electron chi connectivity index (χ1n) is 15.3. The van der Waals surface area contributed by atoms with E-state index in [1.54, 1.807) is 0 Å². The highest BCUT2D eigenvalue weighted by molar-refractivity contribution is 6.16. The van der Waals surface area contributed by atoms with Gasteiger partial charge in [-0.3, -0.25) is 0 Å². The Labute approximate surface area is 258 Å². The lowest BCUT2D eigenvalue weighted by atomic mass is 10.00. The zero-order valence-corrected chi connectivity index (χ0v) is 24.2. The summed E-state index contributed by atoms with van der Waals surface area (Å²) in [5.41, 5.74) is 11.5. The standard InChI is InChI=1S/C42H25NO2/c1-2-10-26(11-3-1)27-20-22-38-35(24-27)29-12-4-6-18-37(29)43(38)28-21-23-40-36(25-28)34-17-9-16-33(42(34)45-40)32-15-8-14-31-30-13-5-7-19-39(30)44-41(31)32/h1-25H. The summed E-state index contributed by atoms with van der Waals surface area (Å²) in [6.07, 6.45) is 0. The molecule has 45 heavy (non-hydrogen) atoms. The quantitative estimate of drug-likeness (QED) is 0.210. The van der Waals surface area contributed by atoms with Crippen molar-refractivity contribution in [3.05, 3.63) is 152 Å². The summed E-state index contributed by atoms with van der Waals surface area (Å²) in [7, 11) is 0. The molecule has 3 heterocycles. The second kappa shape index (κ2) is 9.22. The van der Waals surface area contributed by atoms with Crippen molar-refractivity contribution in [2.75, 3.05) is 0 Å². The van der Waals surface area contributed by atoms with E-state index in [1.807, 2.05) is 12.1 Å². The average molecular weight is 576 g/mol. The molecule has 0 bridgehead atoms. The van der Waals surface area contributed by atoms with Crippen molar-refractivity contribution < 1.29 is 8.83 Å². The van der Waals surface area contributed by atoms with E-state index >= 15 is 0 Å². The molecular weight excluding hydrogens is 550 g/mol. The van der Waals surface area contributed by atoms with Gasteiger partial charge >= 0.3 is 0 Å². The van der Waals surface area contributed by atoms with E-state index in [2.05, 4.69) is 144 Å². The minimum atomic E-state index is 0.866. The third kappa shape index (κ3) is 3.52. The van der Waals surface area contributed by atoms with Gasteiger partial charge in [0, 0.05) is 49.1 Å². The molecule has 0 radical (unpaired) electrons. The molecule has 0 aliphatic heterocycles. The van der Waals surface area contributed by atoms with E-state index in [-0.39, 0.29) is 0 Å². The maximum Gasteiger partial charge on any atom is 0.143 e. The summed E-state index contributed by atoms with van der Waals surface area (Å²) < 4.78 is 15.4. The Bertz CT molecular complexity index is 2760. The number of nitrogens with zero attached hydrogens (tertiary/aromatic N) is 1. The third-order valence-corrected chi connectivity index (χ3v) is 9.21. The van der Waals surface area contributed by atoms with Crippen LogP contribution >= 0.6 is 0 Å². The minimum Gasteiger partial charge on any atom is -0.455 e. The maximum atomic E-state index is 6.62. The van der Waals surface area contributed by atoms with Gasteiger partial charge in [-0.05, 0) is 53.6 Å². The molecule has 0 atom stereocenters. The summed E-state index contributed by atoms with van der Waals surface area (Å²) in [4.78, 5) is 0. The summed E-state index contributed by atoms with van der Waals surface area (Å²) in [6.45, 7) is 0. The van der Waals surface area contributed by atoms with Crippen LogP contribution in [0.4, 0.5) is 0 Å². The van der Waals surface area contributed by atoms with Crippen LogP contribution in [0.15, 0.2) is 160 Å². The maximum absolute atomic E-state index is 6.62.